The van der Waals surface area contributed by atoms with Crippen LogP contribution >= 0.6 is 11.6 Å². The van der Waals surface area contributed by atoms with E-state index in [2.05, 4.69) is 0 Å². The number of allylic oxidation sites excluding steroid dienone is 2. The Morgan fingerprint density at radius 1 is 1.50 bits per heavy atom. The van der Waals surface area contributed by atoms with Gasteiger partial charge in [-0.15, -0.1) is 0 Å². The van der Waals surface area contributed by atoms with Gasteiger partial charge >= 0.3 is 6.18 Å². The van der Waals surface area contributed by atoms with Gasteiger partial charge in [0.15, 0.2) is 0 Å². The fraction of sp³-hybridized carbons (Fsp3) is 0.600. The molecule has 0 bridgehead atoms. The molecule has 0 heterocycles. The number of alkyl halides is 3. The fourth-order valence-electron chi connectivity index (χ4n) is 1.57. The van der Waals surface area contributed by atoms with E-state index in [0.717, 1.165) is 0 Å². The average molecular weight is 255 g/mol. The number of halogens is 4. The predicted molar refractivity (Wildman–Crippen MR) is 57.9 cm³/mol. The lowest BCUT2D eigenvalue weighted by Crippen LogP contribution is -2.54. The lowest BCUT2D eigenvalue weighted by molar-refractivity contribution is -0.126. The molecule has 4 N–H and O–H groups in total. The molecule has 0 radical (unpaired) electrons. The van der Waals surface area contributed by atoms with Gasteiger partial charge in [0.05, 0.1) is 12.0 Å². The summed E-state index contributed by atoms with van der Waals surface area (Å²) < 4.78 is 36.6. The molecule has 0 aliphatic heterocycles. The molecule has 0 amide bonds. The van der Waals surface area contributed by atoms with E-state index in [1.807, 2.05) is 6.92 Å². The van der Waals surface area contributed by atoms with Crippen LogP contribution in [-0.2, 0) is 0 Å². The Bertz CT molecular complexity index is 335. The molecule has 0 fully saturated rings. The van der Waals surface area contributed by atoms with Crippen molar-refractivity contribution in [2.45, 2.75) is 37.5 Å². The van der Waals surface area contributed by atoms with Gasteiger partial charge in [0.2, 0.25) is 0 Å². The van der Waals surface area contributed by atoms with E-state index in [1.54, 1.807) is 0 Å². The molecular formula is C10H14ClF3N2. The third-order valence-corrected chi connectivity index (χ3v) is 3.06. The van der Waals surface area contributed by atoms with Crippen LogP contribution in [0, 0.1) is 0 Å². The molecule has 0 saturated heterocycles. The van der Waals surface area contributed by atoms with Gasteiger partial charge in [-0.1, -0.05) is 24.6 Å². The first-order valence-corrected chi connectivity index (χ1v) is 5.26. The number of hydrogen-bond acceptors (Lipinski definition) is 2. The Kier molecular flexibility index (Phi) is 3.72. The summed E-state index contributed by atoms with van der Waals surface area (Å²) >= 11 is 5.77. The first-order chi connectivity index (χ1) is 7.18. The third kappa shape index (κ3) is 2.99. The molecule has 0 aromatic rings. The van der Waals surface area contributed by atoms with E-state index < -0.39 is 24.2 Å². The van der Waals surface area contributed by atoms with Crippen LogP contribution < -0.4 is 11.5 Å². The highest BCUT2D eigenvalue weighted by atomic mass is 35.5. The highest BCUT2D eigenvalue weighted by molar-refractivity contribution is 6.32. The van der Waals surface area contributed by atoms with E-state index >= 15 is 0 Å². The molecule has 6 heteroatoms. The van der Waals surface area contributed by atoms with E-state index in [0.29, 0.717) is 6.42 Å². The maximum Gasteiger partial charge on any atom is 0.393 e. The van der Waals surface area contributed by atoms with E-state index in [-0.39, 0.29) is 10.6 Å². The van der Waals surface area contributed by atoms with E-state index in [4.69, 9.17) is 23.1 Å². The number of rotatable bonds is 2. The van der Waals surface area contributed by atoms with Gasteiger partial charge in [-0.2, -0.15) is 13.2 Å². The molecule has 0 spiro atoms. The van der Waals surface area contributed by atoms with Gasteiger partial charge in [-0.25, -0.2) is 0 Å². The van der Waals surface area contributed by atoms with Gasteiger partial charge in [-0.05, 0) is 18.1 Å². The molecular weight excluding hydrogens is 241 g/mol. The van der Waals surface area contributed by atoms with Crippen molar-refractivity contribution in [2.75, 3.05) is 0 Å². The lowest BCUT2D eigenvalue weighted by atomic mass is 9.82. The first kappa shape index (κ1) is 13.5. The molecule has 16 heavy (non-hydrogen) atoms. The average Bonchev–Trinajstić information content (AvgIpc) is 2.12. The summed E-state index contributed by atoms with van der Waals surface area (Å²) in [5, 5.41) is 0.0448. The summed E-state index contributed by atoms with van der Waals surface area (Å²) in [5.74, 6) is 0. The summed E-state index contributed by atoms with van der Waals surface area (Å²) in [6.45, 7) is 1.81. The third-order valence-electron chi connectivity index (χ3n) is 2.71. The van der Waals surface area contributed by atoms with Crippen LogP contribution in [0.3, 0.4) is 0 Å². The maximum absolute atomic E-state index is 12.2. The minimum atomic E-state index is -4.29. The quantitative estimate of drug-likeness (QED) is 0.795. The number of hydrogen-bond donors (Lipinski definition) is 2. The number of nitrogens with two attached hydrogens (primary N) is 2. The van der Waals surface area contributed by atoms with E-state index in [9.17, 15) is 13.2 Å². The Hall–Kier alpha value is -0.520. The van der Waals surface area contributed by atoms with Crippen molar-refractivity contribution in [3.63, 3.8) is 0 Å². The molecule has 2 atom stereocenters. The second kappa shape index (κ2) is 4.39. The van der Waals surface area contributed by atoms with Gasteiger partial charge in [-0.3, -0.25) is 0 Å². The molecule has 1 aliphatic rings. The topological polar surface area (TPSA) is 52.0 Å². The molecule has 0 aromatic carbocycles. The zero-order valence-corrected chi connectivity index (χ0v) is 9.57. The minimum absolute atomic E-state index is 0.00353. The van der Waals surface area contributed by atoms with Crippen LogP contribution in [0.2, 0.25) is 0 Å². The molecule has 2 unspecified atom stereocenters. The Balaban J connectivity index is 2.93. The van der Waals surface area contributed by atoms with Crippen LogP contribution in [0.15, 0.2) is 22.8 Å². The van der Waals surface area contributed by atoms with Gasteiger partial charge in [0, 0.05) is 11.1 Å². The summed E-state index contributed by atoms with van der Waals surface area (Å²) in [6, 6.07) is -0.641. The fourth-order valence-corrected chi connectivity index (χ4v) is 1.91. The summed E-state index contributed by atoms with van der Waals surface area (Å²) in [7, 11) is 0. The monoisotopic (exact) mass is 254 g/mol. The Morgan fingerprint density at radius 2 is 2.06 bits per heavy atom. The molecule has 0 saturated carbocycles. The molecule has 2 nitrogen and oxygen atoms in total. The van der Waals surface area contributed by atoms with Gasteiger partial charge < -0.3 is 11.5 Å². The van der Waals surface area contributed by atoms with Crippen molar-refractivity contribution in [3.05, 3.63) is 22.8 Å². The van der Waals surface area contributed by atoms with E-state index in [1.165, 1.54) is 12.2 Å². The molecule has 1 aliphatic carbocycles. The molecule has 92 valence electrons. The highest BCUT2D eigenvalue weighted by Crippen LogP contribution is 2.35. The van der Waals surface area contributed by atoms with Crippen molar-refractivity contribution < 1.29 is 13.2 Å². The Labute approximate surface area is 97.1 Å². The zero-order chi connectivity index (χ0) is 12.6. The second-order valence-corrected chi connectivity index (χ2v) is 4.38. The van der Waals surface area contributed by atoms with Crippen LogP contribution in [0.4, 0.5) is 13.2 Å². The van der Waals surface area contributed by atoms with Crippen molar-refractivity contribution in [3.8, 4) is 0 Å². The standard InChI is InChI=1S/C10H14ClF3N2/c1-2-9(16)5-7(11)6(3-8(9)15)4-10(12,13)14/h3,5,8H,2,4,15-16H2,1H3. The molecule has 1 rings (SSSR count). The molecule has 0 aromatic heterocycles. The Morgan fingerprint density at radius 3 is 2.50 bits per heavy atom. The van der Waals surface area contributed by atoms with Crippen molar-refractivity contribution in [2.24, 2.45) is 11.5 Å². The predicted octanol–water partition coefficient (Wildman–Crippen LogP) is 2.44. The first-order valence-electron chi connectivity index (χ1n) is 4.88. The van der Waals surface area contributed by atoms with Crippen molar-refractivity contribution in [1.29, 1.82) is 0 Å². The summed E-state index contributed by atoms with van der Waals surface area (Å²) in [5.41, 5.74) is 10.8. The summed E-state index contributed by atoms with van der Waals surface area (Å²) in [6.07, 6.45) is -2.13. The van der Waals surface area contributed by atoms with Crippen LogP contribution in [0.5, 0.6) is 0 Å². The maximum atomic E-state index is 12.2. The van der Waals surface area contributed by atoms with Crippen LogP contribution in [-0.4, -0.2) is 17.8 Å². The zero-order valence-electron chi connectivity index (χ0n) is 8.81. The van der Waals surface area contributed by atoms with Crippen molar-refractivity contribution >= 4 is 11.6 Å². The van der Waals surface area contributed by atoms with Crippen molar-refractivity contribution in [1.82, 2.24) is 0 Å². The SMILES string of the molecule is CCC1(N)C=C(Cl)C(CC(F)(F)F)=CC1N. The van der Waals surface area contributed by atoms with Gasteiger partial charge in [0.25, 0.3) is 0 Å². The highest BCUT2D eigenvalue weighted by Gasteiger charge is 2.36. The largest absolute Gasteiger partial charge is 0.393 e. The second-order valence-electron chi connectivity index (χ2n) is 3.97. The van der Waals surface area contributed by atoms with Crippen LogP contribution in [0.1, 0.15) is 19.8 Å². The smallest absolute Gasteiger partial charge is 0.323 e. The lowest BCUT2D eigenvalue weighted by Gasteiger charge is -2.34. The summed E-state index contributed by atoms with van der Waals surface area (Å²) in [4.78, 5) is 0. The van der Waals surface area contributed by atoms with Gasteiger partial charge in [0.1, 0.15) is 0 Å². The van der Waals surface area contributed by atoms with Crippen LogP contribution in [0.25, 0.3) is 0 Å². The minimum Gasteiger partial charge on any atom is -0.323 e. The normalized spacial score (nSPS) is 31.1.